The summed E-state index contributed by atoms with van der Waals surface area (Å²) in [5.41, 5.74) is 8.78. The summed E-state index contributed by atoms with van der Waals surface area (Å²) in [6.07, 6.45) is -4.02. The van der Waals surface area contributed by atoms with Gasteiger partial charge in [0.2, 0.25) is 10.9 Å². The number of anilines is 1. The topological polar surface area (TPSA) is 208 Å². The van der Waals surface area contributed by atoms with E-state index in [9.17, 15) is 25.2 Å². The number of carbonyl (C=O) groups is 1. The summed E-state index contributed by atoms with van der Waals surface area (Å²) in [6.45, 7) is -0.604. The second kappa shape index (κ2) is 12.9. The molecule has 5 atom stereocenters. The van der Waals surface area contributed by atoms with Gasteiger partial charge in [-0.15, -0.1) is 11.3 Å². The van der Waals surface area contributed by atoms with Crippen LogP contribution in [0.4, 0.5) is 5.82 Å². The van der Waals surface area contributed by atoms with E-state index in [1.54, 1.807) is 42.8 Å². The van der Waals surface area contributed by atoms with Crippen molar-refractivity contribution < 1.29 is 39.4 Å². The van der Waals surface area contributed by atoms with Crippen molar-refractivity contribution in [3.63, 3.8) is 0 Å². The lowest BCUT2D eigenvalue weighted by molar-refractivity contribution is -0.177. The highest BCUT2D eigenvalue weighted by atomic mass is 35.5. The van der Waals surface area contributed by atoms with Crippen molar-refractivity contribution in [3.8, 4) is 16.9 Å². The number of imidazole rings is 1. The lowest BCUT2D eigenvalue weighted by atomic mass is 9.90. The number of carboxylic acids is 1. The Balaban J connectivity index is 1.27. The number of hydrogen-bond acceptors (Lipinski definition) is 13. The Morgan fingerprint density at radius 2 is 1.93 bits per heavy atom. The van der Waals surface area contributed by atoms with Gasteiger partial charge in [-0.2, -0.15) is 9.97 Å². The monoisotopic (exact) mass is 668 g/mol. The number of thiazole rings is 1. The molecule has 16 heteroatoms. The minimum absolute atomic E-state index is 0.0287. The van der Waals surface area contributed by atoms with E-state index in [2.05, 4.69) is 19.9 Å². The van der Waals surface area contributed by atoms with E-state index in [0.717, 1.165) is 11.1 Å². The number of aromatic nitrogens is 5. The predicted molar refractivity (Wildman–Crippen MR) is 166 cm³/mol. The standard InChI is InChI=1S/C30H29ClN6O8S/c1-43-18-4-2-3-17(10-38)21(18)16-7-5-15(6-8-16)9-30(28(41)42,20-12-46-14-34-20)44-11-19-23(39)24(40)27(45-19)37-13-33-22-25(32)35-29(31)36-26(22)37/h2-8,12-14,19,23-24,27,38-40H,9-11H2,1H3,(H,41,42)(H2,32,35,36)/t19-,23-,24-,27-,30-/m1/s1. The largest absolute Gasteiger partial charge is 0.496 e. The minimum Gasteiger partial charge on any atom is -0.496 e. The maximum absolute atomic E-state index is 13.0. The minimum atomic E-state index is -1.97. The third kappa shape index (κ3) is 5.66. The molecule has 1 aliphatic heterocycles. The Kier molecular flexibility index (Phi) is 8.89. The van der Waals surface area contributed by atoms with Gasteiger partial charge < -0.3 is 40.4 Å². The number of methoxy groups -OCH3 is 1. The van der Waals surface area contributed by atoms with Gasteiger partial charge >= 0.3 is 5.97 Å². The van der Waals surface area contributed by atoms with Crippen LogP contribution in [0.1, 0.15) is 23.0 Å². The molecule has 0 spiro atoms. The number of aliphatic carboxylic acids is 1. The fourth-order valence-corrected chi connectivity index (χ4v) is 6.36. The van der Waals surface area contributed by atoms with Crippen LogP contribution < -0.4 is 10.5 Å². The number of aliphatic hydroxyl groups is 3. The molecule has 4 heterocycles. The predicted octanol–water partition coefficient (Wildman–Crippen LogP) is 2.54. The summed E-state index contributed by atoms with van der Waals surface area (Å²) in [7, 11) is 1.55. The molecule has 0 amide bonds. The van der Waals surface area contributed by atoms with Gasteiger partial charge in [-0.05, 0) is 34.4 Å². The fraction of sp³-hybridized carbons (Fsp3) is 0.300. The smallest absolute Gasteiger partial charge is 0.342 e. The Morgan fingerprint density at radius 3 is 2.61 bits per heavy atom. The van der Waals surface area contributed by atoms with Crippen LogP contribution in [0.15, 0.2) is 59.7 Å². The average Bonchev–Trinajstić information content (AvgIpc) is 3.80. The highest BCUT2D eigenvalue weighted by Gasteiger charge is 2.49. The lowest BCUT2D eigenvalue weighted by Gasteiger charge is -2.30. The number of benzene rings is 2. The van der Waals surface area contributed by atoms with E-state index < -0.39 is 42.7 Å². The van der Waals surface area contributed by atoms with Crippen molar-refractivity contribution in [2.75, 3.05) is 19.5 Å². The maximum Gasteiger partial charge on any atom is 0.342 e. The number of nitrogen functional groups attached to an aromatic ring is 1. The first-order valence-electron chi connectivity index (χ1n) is 14.0. The van der Waals surface area contributed by atoms with E-state index in [0.29, 0.717) is 16.9 Å². The molecular weight excluding hydrogens is 640 g/mol. The van der Waals surface area contributed by atoms with Crippen LogP contribution >= 0.6 is 22.9 Å². The quantitative estimate of drug-likeness (QED) is 0.128. The fourth-order valence-electron chi connectivity index (χ4n) is 5.58. The zero-order chi connectivity index (χ0) is 32.6. The molecule has 1 fully saturated rings. The third-order valence-corrected chi connectivity index (χ3v) is 8.67. The van der Waals surface area contributed by atoms with E-state index >= 15 is 0 Å². The van der Waals surface area contributed by atoms with Gasteiger partial charge in [0.1, 0.15) is 29.6 Å². The summed E-state index contributed by atoms with van der Waals surface area (Å²) in [5.74, 6) is -0.689. The van der Waals surface area contributed by atoms with Crippen LogP contribution in [0.2, 0.25) is 5.28 Å². The summed E-state index contributed by atoms with van der Waals surface area (Å²) in [5, 5.41) is 43.8. The molecular formula is C30H29ClN6O8S. The highest BCUT2D eigenvalue weighted by Crippen LogP contribution is 2.38. The summed E-state index contributed by atoms with van der Waals surface area (Å²) >= 11 is 7.18. The number of nitrogens with two attached hydrogens (primary N) is 1. The molecule has 0 radical (unpaired) electrons. The van der Waals surface area contributed by atoms with Crippen molar-refractivity contribution in [2.24, 2.45) is 0 Å². The van der Waals surface area contributed by atoms with E-state index in [-0.39, 0.29) is 41.0 Å². The Bertz CT molecular complexity index is 1830. The molecule has 6 N–H and O–H groups in total. The Labute approximate surface area is 270 Å². The molecule has 3 aromatic heterocycles. The van der Waals surface area contributed by atoms with Crippen molar-refractivity contribution in [1.82, 2.24) is 24.5 Å². The number of halogens is 1. The van der Waals surface area contributed by atoms with Gasteiger partial charge in [0, 0.05) is 17.4 Å². The highest BCUT2D eigenvalue weighted by molar-refractivity contribution is 7.07. The molecule has 2 aromatic carbocycles. The van der Waals surface area contributed by atoms with Crippen LogP contribution in [-0.2, 0) is 32.9 Å². The van der Waals surface area contributed by atoms with Crippen molar-refractivity contribution in [3.05, 3.63) is 81.8 Å². The molecule has 14 nitrogen and oxygen atoms in total. The maximum atomic E-state index is 13.0. The van der Waals surface area contributed by atoms with Crippen LogP contribution in [0, 0.1) is 0 Å². The molecule has 0 aliphatic carbocycles. The molecule has 0 bridgehead atoms. The molecule has 0 unspecified atom stereocenters. The van der Waals surface area contributed by atoms with Crippen LogP contribution in [0.5, 0.6) is 5.75 Å². The van der Waals surface area contributed by atoms with E-state index in [1.807, 2.05) is 12.1 Å². The van der Waals surface area contributed by atoms with Gasteiger partial charge in [-0.3, -0.25) is 4.57 Å². The van der Waals surface area contributed by atoms with Gasteiger partial charge in [0.15, 0.2) is 17.7 Å². The zero-order valence-electron chi connectivity index (χ0n) is 24.2. The molecule has 0 saturated carbocycles. The molecule has 1 saturated heterocycles. The Hall–Kier alpha value is -4.22. The number of fused-ring (bicyclic) bond motifs is 1. The molecule has 46 heavy (non-hydrogen) atoms. The lowest BCUT2D eigenvalue weighted by Crippen LogP contribution is -2.44. The van der Waals surface area contributed by atoms with E-state index in [1.165, 1.54) is 27.7 Å². The van der Waals surface area contributed by atoms with Gasteiger partial charge in [-0.1, -0.05) is 36.4 Å². The SMILES string of the molecule is COc1cccc(CO)c1-c1ccc(C[C@](OC[C@H]2O[C@@H](n3cnc4c(N)nc(Cl)nc43)[C@H](O)[C@@H]2O)(C(=O)O)c2cscn2)cc1. The number of hydrogen-bond donors (Lipinski definition) is 5. The number of ether oxygens (including phenoxy) is 3. The number of carboxylic acid groups (broad SMARTS) is 1. The number of aliphatic hydroxyl groups excluding tert-OH is 3. The second-order valence-electron chi connectivity index (χ2n) is 10.6. The first-order valence-corrected chi connectivity index (χ1v) is 15.3. The van der Waals surface area contributed by atoms with E-state index in [4.69, 9.17) is 31.5 Å². The number of nitrogens with zero attached hydrogens (tertiary/aromatic N) is 5. The normalized spacial score (nSPS) is 21.0. The van der Waals surface area contributed by atoms with Crippen LogP contribution in [-0.4, -0.2) is 82.9 Å². The zero-order valence-corrected chi connectivity index (χ0v) is 25.8. The average molecular weight is 669 g/mol. The second-order valence-corrected chi connectivity index (χ2v) is 11.6. The number of rotatable bonds is 11. The third-order valence-electron chi connectivity index (χ3n) is 7.92. The van der Waals surface area contributed by atoms with Crippen LogP contribution in [0.25, 0.3) is 22.3 Å². The van der Waals surface area contributed by atoms with Crippen molar-refractivity contribution in [1.29, 1.82) is 0 Å². The summed E-state index contributed by atoms with van der Waals surface area (Å²) < 4.78 is 19.0. The summed E-state index contributed by atoms with van der Waals surface area (Å²) in [4.78, 5) is 29.4. The van der Waals surface area contributed by atoms with Gasteiger partial charge in [-0.25, -0.2) is 14.8 Å². The molecule has 240 valence electrons. The van der Waals surface area contributed by atoms with Crippen LogP contribution in [0.3, 0.4) is 0 Å². The Morgan fingerprint density at radius 1 is 1.15 bits per heavy atom. The first-order chi connectivity index (χ1) is 22.2. The summed E-state index contributed by atoms with van der Waals surface area (Å²) in [6, 6.07) is 12.5. The first kappa shape index (κ1) is 31.7. The van der Waals surface area contributed by atoms with Gasteiger partial charge in [0.05, 0.1) is 37.9 Å². The van der Waals surface area contributed by atoms with Gasteiger partial charge in [0.25, 0.3) is 0 Å². The van der Waals surface area contributed by atoms with Crippen molar-refractivity contribution in [2.45, 2.75) is 43.2 Å². The molecule has 5 aromatic rings. The molecule has 1 aliphatic rings. The molecule has 6 rings (SSSR count). The van der Waals surface area contributed by atoms with Crippen molar-refractivity contribution >= 4 is 45.9 Å².